The Labute approximate surface area is 109 Å². The lowest BCUT2D eigenvalue weighted by Crippen LogP contribution is -2.18. The highest BCUT2D eigenvalue weighted by Gasteiger charge is 2.29. The van der Waals surface area contributed by atoms with E-state index < -0.39 is 0 Å². The minimum absolute atomic E-state index is 0.724. The van der Waals surface area contributed by atoms with Crippen LogP contribution in [0.25, 0.3) is 0 Å². The molecule has 2 rings (SSSR count). The lowest BCUT2D eigenvalue weighted by Gasteiger charge is -2.06. The van der Waals surface area contributed by atoms with Crippen molar-refractivity contribution in [3.63, 3.8) is 0 Å². The molecule has 17 heavy (non-hydrogen) atoms. The Bertz CT molecular complexity index is 353. The fourth-order valence-electron chi connectivity index (χ4n) is 2.01. The van der Waals surface area contributed by atoms with E-state index in [2.05, 4.69) is 26.1 Å². The summed E-state index contributed by atoms with van der Waals surface area (Å²) in [6.07, 6.45) is 5.06. The van der Waals surface area contributed by atoms with Gasteiger partial charge >= 0.3 is 0 Å². The molecule has 0 amide bonds. The monoisotopic (exact) mass is 252 g/mol. The van der Waals surface area contributed by atoms with Crippen LogP contribution in [0.15, 0.2) is 0 Å². The van der Waals surface area contributed by atoms with Gasteiger partial charge in [-0.05, 0) is 38.1 Å². The lowest BCUT2D eigenvalue weighted by molar-refractivity contribution is 0.553. The second-order valence-corrected chi connectivity index (χ2v) is 6.63. The van der Waals surface area contributed by atoms with E-state index in [-0.39, 0.29) is 0 Å². The topological polar surface area (TPSA) is 24.9 Å². The van der Waals surface area contributed by atoms with Gasteiger partial charge in [-0.1, -0.05) is 20.8 Å². The fourth-order valence-corrected chi connectivity index (χ4v) is 3.24. The van der Waals surface area contributed by atoms with Gasteiger partial charge in [-0.25, -0.2) is 4.98 Å². The van der Waals surface area contributed by atoms with Crippen LogP contribution in [-0.4, -0.2) is 11.5 Å². The zero-order valence-corrected chi connectivity index (χ0v) is 12.1. The largest absolute Gasteiger partial charge is 0.312 e. The van der Waals surface area contributed by atoms with Crippen molar-refractivity contribution >= 4 is 11.3 Å². The van der Waals surface area contributed by atoms with E-state index in [0.29, 0.717) is 0 Å². The van der Waals surface area contributed by atoms with E-state index in [1.54, 1.807) is 0 Å². The minimum atomic E-state index is 0.724. The molecule has 1 N–H and O–H groups in total. The number of nitrogens with zero attached hydrogens (tertiary/aromatic N) is 1. The van der Waals surface area contributed by atoms with Crippen LogP contribution in [0.1, 0.15) is 61.5 Å². The number of rotatable bonds is 7. The summed E-state index contributed by atoms with van der Waals surface area (Å²) >= 11 is 1.93. The van der Waals surface area contributed by atoms with Crippen molar-refractivity contribution in [3.8, 4) is 0 Å². The Balaban J connectivity index is 1.97. The average molecular weight is 252 g/mol. The quantitative estimate of drug-likeness (QED) is 0.800. The number of aryl methyl sites for hydroxylation is 1. The smallest absolute Gasteiger partial charge is 0.0931 e. The molecule has 1 saturated carbocycles. The lowest BCUT2D eigenvalue weighted by atomic mass is 10.2. The summed E-state index contributed by atoms with van der Waals surface area (Å²) in [6.45, 7) is 8.86. The zero-order valence-electron chi connectivity index (χ0n) is 11.3. The first-order chi connectivity index (χ1) is 8.20. The summed E-state index contributed by atoms with van der Waals surface area (Å²) in [4.78, 5) is 6.34. The van der Waals surface area contributed by atoms with Crippen LogP contribution in [0.3, 0.4) is 0 Å². The summed E-state index contributed by atoms with van der Waals surface area (Å²) < 4.78 is 0. The van der Waals surface area contributed by atoms with Gasteiger partial charge in [0.05, 0.1) is 10.7 Å². The first kappa shape index (κ1) is 13.0. The van der Waals surface area contributed by atoms with Crippen LogP contribution < -0.4 is 5.32 Å². The minimum Gasteiger partial charge on any atom is -0.312 e. The van der Waals surface area contributed by atoms with Crippen LogP contribution in [0.2, 0.25) is 0 Å². The maximum Gasteiger partial charge on any atom is 0.0931 e. The van der Waals surface area contributed by atoms with Crippen LogP contribution in [0.4, 0.5) is 0 Å². The molecule has 0 spiro atoms. The van der Waals surface area contributed by atoms with Crippen LogP contribution in [0, 0.1) is 5.92 Å². The maximum absolute atomic E-state index is 4.84. The van der Waals surface area contributed by atoms with Crippen LogP contribution in [0.5, 0.6) is 0 Å². The number of hydrogen-bond acceptors (Lipinski definition) is 3. The van der Waals surface area contributed by atoms with E-state index in [1.807, 2.05) is 11.3 Å². The van der Waals surface area contributed by atoms with Gasteiger partial charge in [0, 0.05) is 17.3 Å². The van der Waals surface area contributed by atoms with E-state index >= 15 is 0 Å². The molecule has 96 valence electrons. The fraction of sp³-hybridized carbons (Fsp3) is 0.786. The first-order valence-corrected chi connectivity index (χ1v) is 7.71. The summed E-state index contributed by atoms with van der Waals surface area (Å²) in [5.41, 5.74) is 1.41. The normalized spacial score (nSPS) is 15.8. The van der Waals surface area contributed by atoms with Crippen molar-refractivity contribution in [3.05, 3.63) is 15.6 Å². The Morgan fingerprint density at radius 2 is 2.18 bits per heavy atom. The van der Waals surface area contributed by atoms with Crippen molar-refractivity contribution in [1.82, 2.24) is 10.3 Å². The van der Waals surface area contributed by atoms with Gasteiger partial charge in [0.2, 0.25) is 0 Å². The molecule has 0 radical (unpaired) electrons. The summed E-state index contributed by atoms with van der Waals surface area (Å²) in [6, 6.07) is 0. The second kappa shape index (κ2) is 5.96. The Hall–Kier alpha value is -0.410. The summed E-state index contributed by atoms with van der Waals surface area (Å²) in [5.74, 6) is 1.51. The molecule has 1 aliphatic rings. The molecule has 1 aliphatic carbocycles. The highest BCUT2D eigenvalue weighted by molar-refractivity contribution is 7.11. The summed E-state index contributed by atoms with van der Waals surface area (Å²) in [5, 5.41) is 4.89. The van der Waals surface area contributed by atoms with E-state index in [1.165, 1.54) is 34.8 Å². The Kier molecular flexibility index (Phi) is 4.57. The number of aromatic nitrogens is 1. The molecule has 0 aromatic carbocycles. The molecule has 2 nitrogen and oxygen atoms in total. The highest BCUT2D eigenvalue weighted by Crippen LogP contribution is 2.42. The third kappa shape index (κ3) is 3.78. The van der Waals surface area contributed by atoms with Crippen LogP contribution >= 0.6 is 11.3 Å². The molecule has 0 unspecified atom stereocenters. The van der Waals surface area contributed by atoms with Crippen molar-refractivity contribution in [2.45, 2.75) is 58.9 Å². The van der Waals surface area contributed by atoms with Crippen molar-refractivity contribution in [1.29, 1.82) is 0 Å². The van der Waals surface area contributed by atoms with E-state index in [9.17, 15) is 0 Å². The molecule has 1 fully saturated rings. The first-order valence-electron chi connectivity index (χ1n) is 6.89. The van der Waals surface area contributed by atoms with Gasteiger partial charge in [-0.2, -0.15) is 0 Å². The van der Waals surface area contributed by atoms with Gasteiger partial charge in [0.25, 0.3) is 0 Å². The van der Waals surface area contributed by atoms with Crippen LogP contribution in [-0.2, 0) is 13.0 Å². The van der Waals surface area contributed by atoms with Gasteiger partial charge in [-0.15, -0.1) is 11.3 Å². The molecular weight excluding hydrogens is 228 g/mol. The molecule has 0 bridgehead atoms. The average Bonchev–Trinajstić information content (AvgIpc) is 3.03. The number of thiazole rings is 1. The molecule has 1 aromatic rings. The molecule has 0 atom stereocenters. The standard InChI is InChI=1S/C14H24N2S/c1-4-5-13-16-14(11-6-7-11)12(17-13)9-15-8-10(2)3/h10-11,15H,4-9H2,1-3H3. The molecule has 1 heterocycles. The van der Waals surface area contributed by atoms with E-state index in [4.69, 9.17) is 4.98 Å². The van der Waals surface area contributed by atoms with Crippen molar-refractivity contribution < 1.29 is 0 Å². The second-order valence-electron chi connectivity index (χ2n) is 5.47. The maximum atomic E-state index is 4.84. The Morgan fingerprint density at radius 3 is 2.76 bits per heavy atom. The molecular formula is C14H24N2S. The Morgan fingerprint density at radius 1 is 1.41 bits per heavy atom. The van der Waals surface area contributed by atoms with Gasteiger partial charge in [-0.3, -0.25) is 0 Å². The third-order valence-electron chi connectivity index (χ3n) is 3.04. The van der Waals surface area contributed by atoms with Crippen molar-refractivity contribution in [2.75, 3.05) is 6.54 Å². The molecule has 0 aliphatic heterocycles. The van der Waals surface area contributed by atoms with Gasteiger partial charge < -0.3 is 5.32 Å². The molecule has 1 aromatic heterocycles. The number of nitrogens with one attached hydrogen (secondary N) is 1. The van der Waals surface area contributed by atoms with Crippen molar-refractivity contribution in [2.24, 2.45) is 5.92 Å². The summed E-state index contributed by atoms with van der Waals surface area (Å²) in [7, 11) is 0. The predicted molar refractivity (Wildman–Crippen MR) is 74.6 cm³/mol. The van der Waals surface area contributed by atoms with Gasteiger partial charge in [0.1, 0.15) is 0 Å². The number of hydrogen-bond donors (Lipinski definition) is 1. The third-order valence-corrected chi connectivity index (χ3v) is 4.17. The van der Waals surface area contributed by atoms with Gasteiger partial charge in [0.15, 0.2) is 0 Å². The highest BCUT2D eigenvalue weighted by atomic mass is 32.1. The van der Waals surface area contributed by atoms with E-state index in [0.717, 1.165) is 31.3 Å². The molecule has 0 saturated heterocycles. The zero-order chi connectivity index (χ0) is 12.3. The predicted octanol–water partition coefficient (Wildman–Crippen LogP) is 3.72. The SMILES string of the molecule is CCCc1nc(C2CC2)c(CNCC(C)C)s1. The molecule has 3 heteroatoms.